The number of aromatic nitrogens is 2. The van der Waals surface area contributed by atoms with Crippen molar-refractivity contribution in [3.05, 3.63) is 5.82 Å². The second kappa shape index (κ2) is 6.79. The first kappa shape index (κ1) is 15.6. The molecule has 1 aliphatic rings. The number of anilines is 1. The lowest BCUT2D eigenvalue weighted by molar-refractivity contribution is 0.0988. The zero-order valence-corrected chi connectivity index (χ0v) is 12.0. The molecule has 1 aromatic rings. The van der Waals surface area contributed by atoms with E-state index >= 15 is 0 Å². The van der Waals surface area contributed by atoms with E-state index < -0.39 is 12.5 Å². The lowest BCUT2D eigenvalue weighted by Crippen LogP contribution is -2.40. The van der Waals surface area contributed by atoms with Gasteiger partial charge in [0.25, 0.3) is 6.43 Å². The Labute approximate surface area is 121 Å². The first-order valence-electron chi connectivity index (χ1n) is 6.85. The van der Waals surface area contributed by atoms with Crippen LogP contribution in [0.1, 0.15) is 32.0 Å². The van der Waals surface area contributed by atoms with Crippen LogP contribution in [0.15, 0.2) is 4.52 Å². The predicted molar refractivity (Wildman–Crippen MR) is 71.4 cm³/mol. The zero-order chi connectivity index (χ0) is 15.4. The zero-order valence-electron chi connectivity index (χ0n) is 12.0. The second-order valence-corrected chi connectivity index (χ2v) is 5.35. The van der Waals surface area contributed by atoms with Gasteiger partial charge < -0.3 is 9.84 Å². The molecule has 1 aromatic heterocycles. The van der Waals surface area contributed by atoms with Gasteiger partial charge in [0.1, 0.15) is 0 Å². The van der Waals surface area contributed by atoms with Crippen LogP contribution in [0.3, 0.4) is 0 Å². The van der Waals surface area contributed by atoms with Crippen LogP contribution in [-0.4, -0.2) is 53.2 Å². The third-order valence-corrected chi connectivity index (χ3v) is 3.18. The molecule has 2 amide bonds. The van der Waals surface area contributed by atoms with Gasteiger partial charge in [-0.2, -0.15) is 4.98 Å². The first-order valence-corrected chi connectivity index (χ1v) is 6.85. The van der Waals surface area contributed by atoms with Gasteiger partial charge in [0.15, 0.2) is 5.82 Å². The Morgan fingerprint density at radius 2 is 2.29 bits per heavy atom. The fourth-order valence-corrected chi connectivity index (χ4v) is 2.15. The molecule has 1 atom stereocenters. The van der Waals surface area contributed by atoms with Crippen molar-refractivity contribution in [1.82, 2.24) is 20.4 Å². The lowest BCUT2D eigenvalue weighted by atomic mass is 10.2. The van der Waals surface area contributed by atoms with Crippen LogP contribution in [0, 0.1) is 0 Å². The highest BCUT2D eigenvalue weighted by molar-refractivity contribution is 5.87. The van der Waals surface area contributed by atoms with Crippen LogP contribution in [0.25, 0.3) is 0 Å². The van der Waals surface area contributed by atoms with Crippen LogP contribution < -0.4 is 10.6 Å². The van der Waals surface area contributed by atoms with E-state index in [0.717, 1.165) is 0 Å². The monoisotopic (exact) mass is 303 g/mol. The number of urea groups is 1. The van der Waals surface area contributed by atoms with Crippen molar-refractivity contribution in [3.63, 3.8) is 0 Å². The molecular formula is C12H19F2N5O2. The van der Waals surface area contributed by atoms with Gasteiger partial charge in [-0.15, -0.1) is 0 Å². The number of alkyl halides is 2. The molecule has 1 unspecified atom stereocenters. The van der Waals surface area contributed by atoms with Gasteiger partial charge in [-0.1, -0.05) is 19.0 Å². The second-order valence-electron chi connectivity index (χ2n) is 5.35. The Kier molecular flexibility index (Phi) is 5.05. The fraction of sp³-hybridized carbons (Fsp3) is 0.750. The number of hydrogen-bond donors (Lipinski definition) is 2. The number of nitrogens with zero attached hydrogens (tertiary/aromatic N) is 3. The Morgan fingerprint density at radius 1 is 1.52 bits per heavy atom. The molecule has 118 valence electrons. The van der Waals surface area contributed by atoms with Crippen molar-refractivity contribution in [3.8, 4) is 0 Å². The molecule has 0 saturated carbocycles. The summed E-state index contributed by atoms with van der Waals surface area (Å²) in [7, 11) is 0. The van der Waals surface area contributed by atoms with Crippen LogP contribution >= 0.6 is 0 Å². The summed E-state index contributed by atoms with van der Waals surface area (Å²) in [6.45, 7) is 4.52. The number of likely N-dealkylation sites (tertiary alicyclic amines) is 1. The summed E-state index contributed by atoms with van der Waals surface area (Å²) in [5.74, 6) is 0.611. The van der Waals surface area contributed by atoms with E-state index in [9.17, 15) is 13.6 Å². The van der Waals surface area contributed by atoms with Gasteiger partial charge in [0, 0.05) is 25.0 Å². The molecule has 1 aliphatic heterocycles. The average Bonchev–Trinajstić information content (AvgIpc) is 2.98. The van der Waals surface area contributed by atoms with E-state index in [1.807, 2.05) is 13.8 Å². The van der Waals surface area contributed by atoms with Gasteiger partial charge in [-0.3, -0.25) is 10.2 Å². The van der Waals surface area contributed by atoms with Crippen LogP contribution in [-0.2, 0) is 0 Å². The summed E-state index contributed by atoms with van der Waals surface area (Å²) >= 11 is 0. The highest BCUT2D eigenvalue weighted by Crippen LogP contribution is 2.13. The number of carbonyl (C=O) groups is 1. The first-order chi connectivity index (χ1) is 9.94. The van der Waals surface area contributed by atoms with E-state index in [0.29, 0.717) is 25.3 Å². The maximum absolute atomic E-state index is 12.3. The molecule has 21 heavy (non-hydrogen) atoms. The van der Waals surface area contributed by atoms with E-state index in [2.05, 4.69) is 20.8 Å². The summed E-state index contributed by atoms with van der Waals surface area (Å²) in [6.07, 6.45) is -1.72. The average molecular weight is 303 g/mol. The summed E-state index contributed by atoms with van der Waals surface area (Å²) in [5, 5.41) is 8.87. The predicted octanol–water partition coefficient (Wildman–Crippen LogP) is 1.65. The topological polar surface area (TPSA) is 83.3 Å². The number of rotatable bonds is 5. The maximum atomic E-state index is 12.3. The third kappa shape index (κ3) is 4.62. The molecule has 7 nitrogen and oxygen atoms in total. The normalized spacial score (nSPS) is 19.4. The minimum atomic E-state index is -2.36. The van der Waals surface area contributed by atoms with Crippen molar-refractivity contribution in [2.24, 2.45) is 0 Å². The standard InChI is InChI=1S/C12H19F2N5O2/c1-7(2)10-16-12(21-18-10)17-11(20)15-8-3-4-19(5-8)6-9(13)14/h7-9H,3-6H2,1-2H3,(H2,15,16,17,18,20). The van der Waals surface area contributed by atoms with Gasteiger partial charge in [-0.05, 0) is 6.42 Å². The molecule has 0 radical (unpaired) electrons. The lowest BCUT2D eigenvalue weighted by Gasteiger charge is -2.15. The molecular weight excluding hydrogens is 284 g/mol. The van der Waals surface area contributed by atoms with Crippen LogP contribution in [0.2, 0.25) is 0 Å². The summed E-state index contributed by atoms with van der Waals surface area (Å²) in [5.41, 5.74) is 0. The fourth-order valence-electron chi connectivity index (χ4n) is 2.15. The Balaban J connectivity index is 1.77. The Morgan fingerprint density at radius 3 is 2.90 bits per heavy atom. The molecule has 0 aliphatic carbocycles. The number of halogens is 2. The molecule has 9 heteroatoms. The minimum Gasteiger partial charge on any atom is -0.334 e. The maximum Gasteiger partial charge on any atom is 0.329 e. The van der Waals surface area contributed by atoms with Crippen molar-refractivity contribution in [2.75, 3.05) is 25.0 Å². The minimum absolute atomic E-state index is 0.0265. The molecule has 0 bridgehead atoms. The molecule has 2 heterocycles. The number of nitrogens with one attached hydrogen (secondary N) is 2. The van der Waals surface area contributed by atoms with E-state index in [4.69, 9.17) is 4.52 Å². The summed E-state index contributed by atoms with van der Waals surface area (Å²) < 4.78 is 29.4. The quantitative estimate of drug-likeness (QED) is 0.864. The highest BCUT2D eigenvalue weighted by Gasteiger charge is 2.26. The molecule has 2 rings (SSSR count). The van der Waals surface area contributed by atoms with Crippen molar-refractivity contribution < 1.29 is 18.1 Å². The number of carbonyl (C=O) groups excluding carboxylic acids is 1. The van der Waals surface area contributed by atoms with Crippen molar-refractivity contribution in [2.45, 2.75) is 38.7 Å². The van der Waals surface area contributed by atoms with Crippen LogP contribution in [0.5, 0.6) is 0 Å². The molecule has 1 fully saturated rings. The Hall–Kier alpha value is -1.77. The van der Waals surface area contributed by atoms with Crippen molar-refractivity contribution in [1.29, 1.82) is 0 Å². The highest BCUT2D eigenvalue weighted by atomic mass is 19.3. The van der Waals surface area contributed by atoms with Gasteiger partial charge in [0.2, 0.25) is 0 Å². The molecule has 0 spiro atoms. The largest absolute Gasteiger partial charge is 0.334 e. The van der Waals surface area contributed by atoms with Gasteiger partial charge in [0.05, 0.1) is 6.54 Å². The summed E-state index contributed by atoms with van der Waals surface area (Å²) in [6, 6.07) is -0.604. The smallest absolute Gasteiger partial charge is 0.329 e. The van der Waals surface area contributed by atoms with E-state index in [-0.39, 0.29) is 24.5 Å². The SMILES string of the molecule is CC(C)c1noc(NC(=O)NC2CCN(CC(F)F)C2)n1. The van der Waals surface area contributed by atoms with Crippen LogP contribution in [0.4, 0.5) is 19.6 Å². The van der Waals surface area contributed by atoms with E-state index in [1.54, 1.807) is 4.90 Å². The summed E-state index contributed by atoms with van der Waals surface area (Å²) in [4.78, 5) is 17.4. The van der Waals surface area contributed by atoms with Gasteiger partial charge in [-0.25, -0.2) is 13.6 Å². The number of amides is 2. The van der Waals surface area contributed by atoms with Gasteiger partial charge >= 0.3 is 12.0 Å². The Bertz CT molecular complexity index is 480. The van der Waals surface area contributed by atoms with Crippen molar-refractivity contribution >= 4 is 12.0 Å². The molecule has 0 aromatic carbocycles. The third-order valence-electron chi connectivity index (χ3n) is 3.18. The molecule has 1 saturated heterocycles. The molecule has 2 N–H and O–H groups in total. The van der Waals surface area contributed by atoms with E-state index in [1.165, 1.54) is 0 Å². The number of hydrogen-bond acceptors (Lipinski definition) is 5.